The van der Waals surface area contributed by atoms with E-state index in [-0.39, 0.29) is 0 Å². The van der Waals surface area contributed by atoms with Crippen molar-refractivity contribution < 1.29 is 8.85 Å². The summed E-state index contributed by atoms with van der Waals surface area (Å²) in [4.78, 5) is 0. The molecule has 1 fully saturated rings. The zero-order valence-corrected chi connectivity index (χ0v) is 11.9. The van der Waals surface area contributed by atoms with Crippen LogP contribution >= 0.6 is 0 Å². The van der Waals surface area contributed by atoms with E-state index in [1.54, 1.807) is 0 Å². The first-order valence-corrected chi connectivity index (χ1v) is 8.14. The van der Waals surface area contributed by atoms with Crippen LogP contribution in [-0.4, -0.2) is 22.8 Å². The van der Waals surface area contributed by atoms with Crippen LogP contribution in [0.15, 0.2) is 0 Å². The molecule has 1 saturated carbocycles. The Balaban J connectivity index is 2.76. The summed E-state index contributed by atoms with van der Waals surface area (Å²) in [6.45, 7) is 6.84. The highest BCUT2D eigenvalue weighted by atomic mass is 28.4. The lowest BCUT2D eigenvalue weighted by molar-refractivity contribution is 0.211. The summed E-state index contributed by atoms with van der Waals surface area (Å²) in [5.74, 6) is 0. The SMILES string of the molecule is CO[Si](CC(C)(C)C)(OC)C1CCCC1. The molecule has 1 aliphatic carbocycles. The van der Waals surface area contributed by atoms with Crippen LogP contribution in [0.25, 0.3) is 0 Å². The fourth-order valence-electron chi connectivity index (χ4n) is 2.81. The minimum Gasteiger partial charge on any atom is -0.397 e. The maximum Gasteiger partial charge on any atom is 0.341 e. The van der Waals surface area contributed by atoms with Crippen molar-refractivity contribution in [3.05, 3.63) is 0 Å². The highest BCUT2D eigenvalue weighted by Gasteiger charge is 2.47. The lowest BCUT2D eigenvalue weighted by Crippen LogP contribution is -2.47. The first-order valence-electron chi connectivity index (χ1n) is 6.04. The Bertz CT molecular complexity index is 188. The highest BCUT2D eigenvalue weighted by Crippen LogP contribution is 2.44. The lowest BCUT2D eigenvalue weighted by Gasteiger charge is -2.37. The molecule has 0 aromatic rings. The molecule has 0 spiro atoms. The largest absolute Gasteiger partial charge is 0.397 e. The average molecular weight is 230 g/mol. The van der Waals surface area contributed by atoms with Gasteiger partial charge in [0.05, 0.1) is 0 Å². The highest BCUT2D eigenvalue weighted by molar-refractivity contribution is 6.69. The smallest absolute Gasteiger partial charge is 0.341 e. The average Bonchev–Trinajstić information content (AvgIpc) is 2.66. The molecule has 0 bridgehead atoms. The first kappa shape index (κ1) is 13.2. The molecule has 1 rings (SSSR count). The standard InChI is InChI=1S/C12H26O2Si/c1-12(2,3)10-15(13-4,14-5)11-8-6-7-9-11/h11H,6-10H2,1-5H3. The summed E-state index contributed by atoms with van der Waals surface area (Å²) in [7, 11) is 1.75. The molecule has 0 N–H and O–H groups in total. The normalized spacial score (nSPS) is 19.8. The molecule has 0 unspecified atom stereocenters. The molecular weight excluding hydrogens is 204 g/mol. The predicted octanol–water partition coefficient (Wildman–Crippen LogP) is 3.71. The number of hydrogen-bond acceptors (Lipinski definition) is 2. The molecule has 0 atom stereocenters. The predicted molar refractivity (Wildman–Crippen MR) is 66.3 cm³/mol. The Labute approximate surface area is 95.6 Å². The van der Waals surface area contributed by atoms with E-state index < -0.39 is 8.56 Å². The molecule has 0 aliphatic heterocycles. The van der Waals surface area contributed by atoms with E-state index >= 15 is 0 Å². The van der Waals surface area contributed by atoms with Crippen LogP contribution in [0.3, 0.4) is 0 Å². The molecule has 0 radical (unpaired) electrons. The van der Waals surface area contributed by atoms with Crippen molar-refractivity contribution in [3.63, 3.8) is 0 Å². The number of hydrogen-bond donors (Lipinski definition) is 0. The van der Waals surface area contributed by atoms with Gasteiger partial charge >= 0.3 is 8.56 Å². The summed E-state index contributed by atoms with van der Waals surface area (Å²) in [6.07, 6.45) is 5.33. The third-order valence-corrected chi connectivity index (χ3v) is 8.20. The van der Waals surface area contributed by atoms with E-state index in [1.165, 1.54) is 25.7 Å². The third-order valence-electron chi connectivity index (χ3n) is 3.44. The van der Waals surface area contributed by atoms with Crippen LogP contribution in [0.1, 0.15) is 46.5 Å². The zero-order valence-electron chi connectivity index (χ0n) is 10.9. The summed E-state index contributed by atoms with van der Waals surface area (Å²) >= 11 is 0. The van der Waals surface area contributed by atoms with Gasteiger partial charge in [-0.3, -0.25) is 0 Å². The van der Waals surface area contributed by atoms with Crippen LogP contribution < -0.4 is 0 Å². The molecule has 2 nitrogen and oxygen atoms in total. The Morgan fingerprint density at radius 2 is 1.53 bits per heavy atom. The molecule has 3 heteroatoms. The molecule has 0 saturated heterocycles. The van der Waals surface area contributed by atoms with Gasteiger partial charge in [0, 0.05) is 19.8 Å². The lowest BCUT2D eigenvalue weighted by atomic mass is 10.0. The van der Waals surface area contributed by atoms with Gasteiger partial charge in [0.15, 0.2) is 0 Å². The molecule has 0 amide bonds. The van der Waals surface area contributed by atoms with Crippen molar-refractivity contribution in [2.75, 3.05) is 14.2 Å². The van der Waals surface area contributed by atoms with Gasteiger partial charge < -0.3 is 8.85 Å². The maximum absolute atomic E-state index is 5.86. The van der Waals surface area contributed by atoms with Crippen LogP contribution in [0.4, 0.5) is 0 Å². The second-order valence-electron chi connectivity index (χ2n) is 5.94. The quantitative estimate of drug-likeness (QED) is 0.685. The Hall–Kier alpha value is 0.137. The van der Waals surface area contributed by atoms with E-state index in [2.05, 4.69) is 20.8 Å². The van der Waals surface area contributed by atoms with Gasteiger partial charge in [-0.2, -0.15) is 0 Å². The van der Waals surface area contributed by atoms with Gasteiger partial charge in [0.2, 0.25) is 0 Å². The second kappa shape index (κ2) is 4.98. The first-order chi connectivity index (χ1) is 6.93. The molecule has 15 heavy (non-hydrogen) atoms. The molecule has 90 valence electrons. The Kier molecular flexibility index (Phi) is 4.38. The van der Waals surface area contributed by atoms with Crippen molar-refractivity contribution in [1.29, 1.82) is 0 Å². The minimum absolute atomic E-state index is 0.306. The summed E-state index contributed by atoms with van der Waals surface area (Å²) in [5, 5.41) is 0. The molecule has 1 aliphatic rings. The van der Waals surface area contributed by atoms with E-state index in [0.29, 0.717) is 11.0 Å². The van der Waals surface area contributed by atoms with E-state index in [0.717, 1.165) is 6.04 Å². The number of rotatable bonds is 4. The third kappa shape index (κ3) is 3.30. The van der Waals surface area contributed by atoms with Crippen LogP contribution in [-0.2, 0) is 8.85 Å². The molecule has 0 aromatic heterocycles. The van der Waals surface area contributed by atoms with Gasteiger partial charge in [0.25, 0.3) is 0 Å². The van der Waals surface area contributed by atoms with Gasteiger partial charge in [-0.05, 0) is 24.3 Å². The van der Waals surface area contributed by atoms with Crippen LogP contribution in [0, 0.1) is 5.41 Å². The minimum atomic E-state index is -1.95. The van der Waals surface area contributed by atoms with Gasteiger partial charge in [-0.15, -0.1) is 0 Å². The Morgan fingerprint density at radius 3 is 1.87 bits per heavy atom. The summed E-state index contributed by atoms with van der Waals surface area (Å²) in [5.41, 5.74) is 1.02. The topological polar surface area (TPSA) is 18.5 Å². The molecule has 0 heterocycles. The van der Waals surface area contributed by atoms with Gasteiger partial charge in [-0.1, -0.05) is 33.6 Å². The fourth-order valence-corrected chi connectivity index (χ4v) is 6.99. The fraction of sp³-hybridized carbons (Fsp3) is 1.00. The summed E-state index contributed by atoms with van der Waals surface area (Å²) < 4.78 is 11.7. The van der Waals surface area contributed by atoms with Crippen molar-refractivity contribution >= 4 is 8.56 Å². The van der Waals surface area contributed by atoms with Crippen molar-refractivity contribution in [2.45, 2.75) is 58.0 Å². The van der Waals surface area contributed by atoms with Gasteiger partial charge in [-0.25, -0.2) is 0 Å². The van der Waals surface area contributed by atoms with Crippen molar-refractivity contribution in [1.82, 2.24) is 0 Å². The zero-order chi connectivity index (χ0) is 11.5. The monoisotopic (exact) mass is 230 g/mol. The van der Waals surface area contributed by atoms with Crippen molar-refractivity contribution in [3.8, 4) is 0 Å². The summed E-state index contributed by atoms with van der Waals surface area (Å²) in [6, 6.07) is 1.11. The van der Waals surface area contributed by atoms with E-state index in [9.17, 15) is 0 Å². The van der Waals surface area contributed by atoms with Crippen LogP contribution in [0.5, 0.6) is 0 Å². The van der Waals surface area contributed by atoms with Crippen molar-refractivity contribution in [2.24, 2.45) is 5.41 Å². The molecule has 0 aromatic carbocycles. The second-order valence-corrected chi connectivity index (χ2v) is 9.55. The molecular formula is C12H26O2Si. The van der Waals surface area contributed by atoms with E-state index in [1.807, 2.05) is 14.2 Å². The van der Waals surface area contributed by atoms with Crippen LogP contribution in [0.2, 0.25) is 11.6 Å². The van der Waals surface area contributed by atoms with Gasteiger partial charge in [0.1, 0.15) is 0 Å². The van der Waals surface area contributed by atoms with E-state index in [4.69, 9.17) is 8.85 Å². The Morgan fingerprint density at radius 1 is 1.07 bits per heavy atom. The maximum atomic E-state index is 5.86.